The maximum Gasteiger partial charge on any atom is 0.217 e. The second-order valence-electron chi connectivity index (χ2n) is 5.75. The highest BCUT2D eigenvalue weighted by molar-refractivity contribution is 7.99. The monoisotopic (exact) mass is 421 g/mol. The van der Waals surface area contributed by atoms with Crippen LogP contribution in [-0.2, 0) is 4.79 Å². The second kappa shape index (κ2) is 9.21. The lowest BCUT2D eigenvalue weighted by Crippen LogP contribution is -2.09. The third-order valence-electron chi connectivity index (χ3n) is 3.76. The largest absolute Gasteiger partial charge is 0.370 e. The van der Waals surface area contributed by atoms with Crippen LogP contribution >= 0.6 is 35.0 Å². The molecule has 0 saturated heterocycles. The van der Waals surface area contributed by atoms with Gasteiger partial charge in [0.25, 0.3) is 0 Å². The fourth-order valence-corrected chi connectivity index (χ4v) is 3.71. The lowest BCUT2D eigenvalue weighted by Gasteiger charge is -2.11. The minimum Gasteiger partial charge on any atom is -0.370 e. The molecular weight excluding hydrogens is 405 g/mol. The Kier molecular flexibility index (Phi) is 6.71. The minimum absolute atomic E-state index is 0.280. The number of hydrogen-bond acceptors (Lipinski definition) is 5. The lowest BCUT2D eigenvalue weighted by atomic mass is 10.2. The van der Waals surface area contributed by atoms with E-state index >= 15 is 0 Å². The average molecular weight is 422 g/mol. The third-order valence-corrected chi connectivity index (χ3v) is 5.52. The standard InChI is InChI=1S/C18H17Cl2N5OS/c19-14-7-6-13(10-15(14)20)25-17(12-4-3-8-22-11-12)23-24-18(25)27-9-2-1-5-16(21)26/h3-4,6-8,10-11H,1-2,5,9H2,(H2,21,26). The summed E-state index contributed by atoms with van der Waals surface area (Å²) < 4.78 is 1.93. The molecule has 0 aliphatic carbocycles. The number of amides is 1. The Bertz CT molecular complexity index is 933. The van der Waals surface area contributed by atoms with Gasteiger partial charge in [0, 0.05) is 30.1 Å². The van der Waals surface area contributed by atoms with E-state index in [0.717, 1.165) is 35.0 Å². The summed E-state index contributed by atoms with van der Waals surface area (Å²) in [7, 11) is 0. The zero-order valence-electron chi connectivity index (χ0n) is 14.3. The Morgan fingerprint density at radius 3 is 2.70 bits per heavy atom. The highest BCUT2D eigenvalue weighted by atomic mass is 35.5. The van der Waals surface area contributed by atoms with Crippen LogP contribution in [0.3, 0.4) is 0 Å². The number of benzene rings is 1. The van der Waals surface area contributed by atoms with Crippen LogP contribution < -0.4 is 5.73 Å². The molecule has 0 aliphatic heterocycles. The summed E-state index contributed by atoms with van der Waals surface area (Å²) in [4.78, 5) is 15.0. The van der Waals surface area contributed by atoms with E-state index in [1.807, 2.05) is 22.8 Å². The van der Waals surface area contributed by atoms with Crippen molar-refractivity contribution < 1.29 is 4.79 Å². The molecule has 6 nitrogen and oxygen atoms in total. The molecule has 3 aromatic rings. The van der Waals surface area contributed by atoms with Crippen LogP contribution in [0.15, 0.2) is 47.9 Å². The SMILES string of the molecule is NC(=O)CCCCSc1nnc(-c2cccnc2)n1-c1ccc(Cl)c(Cl)c1. The maximum absolute atomic E-state index is 10.9. The molecule has 27 heavy (non-hydrogen) atoms. The highest BCUT2D eigenvalue weighted by Gasteiger charge is 2.17. The Morgan fingerprint density at radius 2 is 2.00 bits per heavy atom. The number of unbranched alkanes of at least 4 members (excludes halogenated alkanes) is 1. The van der Waals surface area contributed by atoms with Crippen molar-refractivity contribution >= 4 is 40.9 Å². The van der Waals surface area contributed by atoms with Crippen molar-refractivity contribution in [1.82, 2.24) is 19.7 Å². The molecule has 0 atom stereocenters. The van der Waals surface area contributed by atoms with E-state index in [-0.39, 0.29) is 5.91 Å². The van der Waals surface area contributed by atoms with E-state index in [9.17, 15) is 4.79 Å². The van der Waals surface area contributed by atoms with E-state index in [2.05, 4.69) is 15.2 Å². The fraction of sp³-hybridized carbons (Fsp3) is 0.222. The van der Waals surface area contributed by atoms with Crippen molar-refractivity contribution in [1.29, 1.82) is 0 Å². The van der Waals surface area contributed by atoms with Gasteiger partial charge in [-0.15, -0.1) is 10.2 Å². The van der Waals surface area contributed by atoms with Gasteiger partial charge in [-0.1, -0.05) is 35.0 Å². The van der Waals surface area contributed by atoms with Crippen molar-refractivity contribution in [3.63, 3.8) is 0 Å². The van der Waals surface area contributed by atoms with Crippen molar-refractivity contribution in [2.75, 3.05) is 5.75 Å². The molecule has 1 aromatic carbocycles. The number of rotatable bonds is 8. The number of nitrogens with two attached hydrogens (primary N) is 1. The van der Waals surface area contributed by atoms with Gasteiger partial charge in [-0.05, 0) is 43.2 Å². The molecule has 0 saturated carbocycles. The number of thioether (sulfide) groups is 1. The van der Waals surface area contributed by atoms with Crippen molar-refractivity contribution in [2.24, 2.45) is 5.73 Å². The molecule has 2 heterocycles. The number of halogens is 2. The number of aromatic nitrogens is 4. The first-order valence-corrected chi connectivity index (χ1v) is 10.0. The van der Waals surface area contributed by atoms with Crippen LogP contribution in [0, 0.1) is 0 Å². The van der Waals surface area contributed by atoms with E-state index in [4.69, 9.17) is 28.9 Å². The van der Waals surface area contributed by atoms with Crippen LogP contribution in [0.2, 0.25) is 10.0 Å². The Labute approximate surface area is 171 Å². The summed E-state index contributed by atoms with van der Waals surface area (Å²) in [5.74, 6) is 1.18. The predicted molar refractivity (Wildman–Crippen MR) is 108 cm³/mol. The van der Waals surface area contributed by atoms with Gasteiger partial charge in [0.2, 0.25) is 5.91 Å². The first kappa shape index (κ1) is 19.7. The molecule has 2 aromatic heterocycles. The molecule has 0 spiro atoms. The molecule has 0 fully saturated rings. The number of primary amides is 1. The quantitative estimate of drug-likeness (QED) is 0.430. The third kappa shape index (κ3) is 5.00. The van der Waals surface area contributed by atoms with E-state index in [0.29, 0.717) is 22.3 Å². The molecule has 140 valence electrons. The molecule has 9 heteroatoms. The average Bonchev–Trinajstić information content (AvgIpc) is 3.08. The lowest BCUT2D eigenvalue weighted by molar-refractivity contribution is -0.118. The van der Waals surface area contributed by atoms with Crippen LogP contribution in [0.1, 0.15) is 19.3 Å². The van der Waals surface area contributed by atoms with Gasteiger partial charge in [-0.3, -0.25) is 14.3 Å². The zero-order valence-corrected chi connectivity index (χ0v) is 16.6. The number of nitrogens with zero attached hydrogens (tertiary/aromatic N) is 4. The summed E-state index contributed by atoms with van der Waals surface area (Å²) >= 11 is 13.8. The number of carbonyl (C=O) groups excluding carboxylic acids is 1. The molecule has 2 N–H and O–H groups in total. The summed E-state index contributed by atoms with van der Waals surface area (Å²) in [5, 5.41) is 10.3. The van der Waals surface area contributed by atoms with Gasteiger partial charge >= 0.3 is 0 Å². The summed E-state index contributed by atoms with van der Waals surface area (Å²) in [6.45, 7) is 0. The Hall–Kier alpha value is -2.09. The van der Waals surface area contributed by atoms with Gasteiger partial charge in [0.1, 0.15) is 0 Å². The van der Waals surface area contributed by atoms with Crippen LogP contribution in [0.25, 0.3) is 17.1 Å². The van der Waals surface area contributed by atoms with Gasteiger partial charge in [-0.25, -0.2) is 0 Å². The van der Waals surface area contributed by atoms with Crippen LogP contribution in [0.4, 0.5) is 0 Å². The molecule has 0 radical (unpaired) electrons. The summed E-state index contributed by atoms with van der Waals surface area (Å²) in [6, 6.07) is 9.17. The van der Waals surface area contributed by atoms with Crippen LogP contribution in [-0.4, -0.2) is 31.4 Å². The van der Waals surface area contributed by atoms with Gasteiger partial charge in [-0.2, -0.15) is 0 Å². The smallest absolute Gasteiger partial charge is 0.217 e. The predicted octanol–water partition coefficient (Wildman–Crippen LogP) is 4.38. The zero-order chi connectivity index (χ0) is 19.2. The van der Waals surface area contributed by atoms with Gasteiger partial charge in [0.05, 0.1) is 15.7 Å². The van der Waals surface area contributed by atoms with Crippen molar-refractivity contribution in [2.45, 2.75) is 24.4 Å². The van der Waals surface area contributed by atoms with Gasteiger partial charge in [0.15, 0.2) is 11.0 Å². The molecule has 3 rings (SSSR count). The highest BCUT2D eigenvalue weighted by Crippen LogP contribution is 2.31. The normalized spacial score (nSPS) is 10.9. The second-order valence-corrected chi connectivity index (χ2v) is 7.63. The number of carbonyl (C=O) groups is 1. The molecule has 0 unspecified atom stereocenters. The topological polar surface area (TPSA) is 86.7 Å². The van der Waals surface area contributed by atoms with E-state index < -0.39 is 0 Å². The molecular formula is C18H17Cl2N5OS. The Balaban J connectivity index is 1.90. The van der Waals surface area contributed by atoms with Gasteiger partial charge < -0.3 is 5.73 Å². The minimum atomic E-state index is -0.280. The van der Waals surface area contributed by atoms with Crippen molar-refractivity contribution in [3.8, 4) is 17.1 Å². The molecule has 1 amide bonds. The summed E-state index contributed by atoms with van der Waals surface area (Å²) in [6.07, 6.45) is 5.43. The molecule has 0 aliphatic rings. The Morgan fingerprint density at radius 1 is 1.15 bits per heavy atom. The van der Waals surface area contributed by atoms with Crippen LogP contribution in [0.5, 0.6) is 0 Å². The van der Waals surface area contributed by atoms with Crippen molar-refractivity contribution in [3.05, 3.63) is 52.8 Å². The van der Waals surface area contributed by atoms with E-state index in [1.54, 1.807) is 36.3 Å². The number of pyridine rings is 1. The fourth-order valence-electron chi connectivity index (χ4n) is 2.47. The number of hydrogen-bond donors (Lipinski definition) is 1. The molecule has 0 bridgehead atoms. The van der Waals surface area contributed by atoms with E-state index in [1.165, 1.54) is 0 Å². The first-order chi connectivity index (χ1) is 13.1. The summed E-state index contributed by atoms with van der Waals surface area (Å²) in [5.41, 5.74) is 6.84. The maximum atomic E-state index is 10.9. The first-order valence-electron chi connectivity index (χ1n) is 8.28.